The van der Waals surface area contributed by atoms with Crippen molar-refractivity contribution in [2.24, 2.45) is 0 Å². The third-order valence-corrected chi connectivity index (χ3v) is 1.59. The third kappa shape index (κ3) is 1.82. The number of carboxylic acids is 2. The van der Waals surface area contributed by atoms with Crippen molar-refractivity contribution in [1.82, 2.24) is 0 Å². The van der Waals surface area contributed by atoms with E-state index in [4.69, 9.17) is 14.9 Å². The second kappa shape index (κ2) is 3.78. The number of hydrogen-bond donors (Lipinski definition) is 2. The molecule has 14 heavy (non-hydrogen) atoms. The minimum atomic E-state index is -1.19. The first-order valence-corrected chi connectivity index (χ1v) is 3.62. The van der Waals surface area contributed by atoms with Crippen molar-refractivity contribution >= 4 is 11.9 Å². The van der Waals surface area contributed by atoms with E-state index in [1.165, 1.54) is 7.11 Å². The summed E-state index contributed by atoms with van der Waals surface area (Å²) in [6, 6.07) is 4.52. The number of rotatable bonds is 3. The third-order valence-electron chi connectivity index (χ3n) is 1.59. The number of carboxylic acid groups (broad SMARTS) is 2. The molecule has 0 aliphatic heterocycles. The second-order valence-electron chi connectivity index (χ2n) is 2.44. The predicted octanol–water partition coefficient (Wildman–Crippen LogP) is 0.892. The summed E-state index contributed by atoms with van der Waals surface area (Å²) < 4.78 is 4.73. The molecule has 0 saturated heterocycles. The molecule has 0 unspecified atom stereocenters. The van der Waals surface area contributed by atoms with Gasteiger partial charge in [-0.3, -0.25) is 0 Å². The maximum Gasteiger partial charge on any atom is 0.339 e. The highest BCUT2D eigenvalue weighted by Crippen LogP contribution is 2.19. The fourth-order valence-corrected chi connectivity index (χ4v) is 0.931. The minimum Gasteiger partial charge on any atom is -0.496 e. The highest BCUT2D eigenvalue weighted by molar-refractivity contribution is 5.94. The van der Waals surface area contributed by atoms with Crippen LogP contribution in [0.5, 0.6) is 5.75 Å². The smallest absolute Gasteiger partial charge is 0.339 e. The van der Waals surface area contributed by atoms with Gasteiger partial charge in [-0.1, -0.05) is 0 Å². The van der Waals surface area contributed by atoms with Gasteiger partial charge in [0.15, 0.2) is 0 Å². The normalized spacial score (nSPS) is 9.50. The molecule has 5 nitrogen and oxygen atoms in total. The molecule has 0 atom stereocenters. The van der Waals surface area contributed by atoms with Gasteiger partial charge in [0.2, 0.25) is 0 Å². The van der Waals surface area contributed by atoms with E-state index in [2.05, 4.69) is 6.07 Å². The lowest BCUT2D eigenvalue weighted by molar-refractivity contribution is 0.0677. The lowest BCUT2D eigenvalue weighted by atomic mass is 10.1. The Morgan fingerprint density at radius 3 is 2.43 bits per heavy atom. The summed E-state index contributed by atoms with van der Waals surface area (Å²) in [5.41, 5.74) is -0.246. The average Bonchev–Trinajstić information content (AvgIpc) is 2.16. The minimum absolute atomic E-state index is 0.00801. The summed E-state index contributed by atoms with van der Waals surface area (Å²) >= 11 is 0. The monoisotopic (exact) mass is 195 g/mol. The van der Waals surface area contributed by atoms with Crippen LogP contribution in [-0.2, 0) is 0 Å². The van der Waals surface area contributed by atoms with Crippen molar-refractivity contribution in [2.75, 3.05) is 7.11 Å². The van der Waals surface area contributed by atoms with Crippen LogP contribution in [0.1, 0.15) is 20.7 Å². The Morgan fingerprint density at radius 1 is 1.36 bits per heavy atom. The van der Waals surface area contributed by atoms with Crippen LogP contribution in [0.2, 0.25) is 0 Å². The van der Waals surface area contributed by atoms with E-state index in [-0.39, 0.29) is 16.9 Å². The molecule has 0 saturated carbocycles. The Morgan fingerprint density at radius 2 is 2.00 bits per heavy atom. The predicted molar refractivity (Wildman–Crippen MR) is 45.7 cm³/mol. The van der Waals surface area contributed by atoms with Crippen molar-refractivity contribution in [2.45, 2.75) is 0 Å². The average molecular weight is 195 g/mol. The first kappa shape index (κ1) is 10.0. The van der Waals surface area contributed by atoms with Crippen LogP contribution in [0.4, 0.5) is 0 Å². The molecular weight excluding hydrogens is 188 g/mol. The summed E-state index contributed by atoms with van der Waals surface area (Å²) in [7, 11) is 1.27. The molecular formula is C9H7O5. The number of benzene rings is 1. The molecule has 0 aromatic heterocycles. The maximum atomic E-state index is 10.6. The molecule has 0 amide bonds. The van der Waals surface area contributed by atoms with Gasteiger partial charge in [0, 0.05) is 0 Å². The van der Waals surface area contributed by atoms with Gasteiger partial charge in [0.1, 0.15) is 11.3 Å². The largest absolute Gasteiger partial charge is 0.496 e. The Labute approximate surface area is 79.6 Å². The number of aromatic carboxylic acids is 2. The maximum absolute atomic E-state index is 10.6. The van der Waals surface area contributed by atoms with E-state index < -0.39 is 11.9 Å². The summed E-state index contributed by atoms with van der Waals surface area (Å²) in [4.78, 5) is 21.1. The highest BCUT2D eigenvalue weighted by Gasteiger charge is 2.13. The second-order valence-corrected chi connectivity index (χ2v) is 2.44. The fourth-order valence-electron chi connectivity index (χ4n) is 0.931. The summed E-state index contributed by atoms with van der Waals surface area (Å²) in [5.74, 6) is -2.36. The van der Waals surface area contributed by atoms with E-state index >= 15 is 0 Å². The molecule has 0 fully saturated rings. The van der Waals surface area contributed by atoms with Gasteiger partial charge in [-0.2, -0.15) is 0 Å². The molecule has 0 heterocycles. The van der Waals surface area contributed by atoms with Gasteiger partial charge in [-0.25, -0.2) is 9.59 Å². The molecule has 1 rings (SSSR count). The topological polar surface area (TPSA) is 83.8 Å². The zero-order chi connectivity index (χ0) is 10.7. The van der Waals surface area contributed by atoms with Crippen LogP contribution >= 0.6 is 0 Å². The first-order valence-electron chi connectivity index (χ1n) is 3.62. The molecule has 1 radical (unpaired) electrons. The van der Waals surface area contributed by atoms with Crippen molar-refractivity contribution < 1.29 is 24.5 Å². The van der Waals surface area contributed by atoms with Gasteiger partial charge in [0.05, 0.1) is 12.7 Å². The van der Waals surface area contributed by atoms with Gasteiger partial charge in [-0.15, -0.1) is 0 Å². The van der Waals surface area contributed by atoms with Crippen LogP contribution in [-0.4, -0.2) is 29.3 Å². The number of hydrogen-bond acceptors (Lipinski definition) is 3. The lowest BCUT2D eigenvalue weighted by Crippen LogP contribution is -2.03. The Balaban J connectivity index is 3.25. The van der Waals surface area contributed by atoms with E-state index in [1.54, 1.807) is 0 Å². The molecule has 0 aliphatic rings. The summed E-state index contributed by atoms with van der Waals surface area (Å²) in [5, 5.41) is 17.3. The Hall–Kier alpha value is -2.04. The van der Waals surface area contributed by atoms with Crippen LogP contribution in [0.3, 0.4) is 0 Å². The van der Waals surface area contributed by atoms with Crippen molar-refractivity contribution in [3.05, 3.63) is 29.3 Å². The quantitative estimate of drug-likeness (QED) is 0.748. The zero-order valence-electron chi connectivity index (χ0n) is 7.27. The van der Waals surface area contributed by atoms with Crippen LogP contribution in [0.15, 0.2) is 12.1 Å². The Kier molecular flexibility index (Phi) is 2.71. The number of methoxy groups -OCH3 is 1. The van der Waals surface area contributed by atoms with Gasteiger partial charge >= 0.3 is 11.9 Å². The molecule has 0 spiro atoms. The van der Waals surface area contributed by atoms with Crippen LogP contribution in [0.25, 0.3) is 0 Å². The summed E-state index contributed by atoms with van der Waals surface area (Å²) in [6.45, 7) is 0. The van der Waals surface area contributed by atoms with E-state index in [0.29, 0.717) is 0 Å². The highest BCUT2D eigenvalue weighted by atomic mass is 16.5. The molecule has 2 N–H and O–H groups in total. The molecule has 1 aromatic rings. The number of carbonyl (C=O) groups is 2. The zero-order valence-corrected chi connectivity index (χ0v) is 7.27. The van der Waals surface area contributed by atoms with E-state index in [1.807, 2.05) is 0 Å². The van der Waals surface area contributed by atoms with Gasteiger partial charge in [-0.05, 0) is 18.2 Å². The fraction of sp³-hybridized carbons (Fsp3) is 0.111. The van der Waals surface area contributed by atoms with Gasteiger partial charge in [0.25, 0.3) is 0 Å². The molecule has 0 aliphatic carbocycles. The lowest BCUT2D eigenvalue weighted by Gasteiger charge is -2.04. The first-order chi connectivity index (χ1) is 6.56. The molecule has 0 bridgehead atoms. The van der Waals surface area contributed by atoms with Crippen LogP contribution in [0, 0.1) is 6.07 Å². The molecule has 1 aromatic carbocycles. The SMILES string of the molecule is COc1cc(C(=O)O)[c]cc1C(=O)O. The van der Waals surface area contributed by atoms with Gasteiger partial charge < -0.3 is 14.9 Å². The Bertz CT molecular complexity index is 383. The van der Waals surface area contributed by atoms with Crippen molar-refractivity contribution in [1.29, 1.82) is 0 Å². The standard InChI is InChI=1S/C9H7O5/c1-14-7-4-5(8(10)11)2-3-6(7)9(12)13/h3-4H,1H3,(H,10,11)(H,12,13). The summed E-state index contributed by atoms with van der Waals surface area (Å²) in [6.07, 6.45) is 0. The number of ether oxygens (including phenoxy) is 1. The van der Waals surface area contributed by atoms with E-state index in [9.17, 15) is 9.59 Å². The molecule has 73 valence electrons. The molecule has 5 heteroatoms. The van der Waals surface area contributed by atoms with Crippen molar-refractivity contribution in [3.8, 4) is 5.75 Å². The van der Waals surface area contributed by atoms with Crippen molar-refractivity contribution in [3.63, 3.8) is 0 Å². The van der Waals surface area contributed by atoms with Crippen LogP contribution < -0.4 is 4.74 Å². The van der Waals surface area contributed by atoms with E-state index in [0.717, 1.165) is 12.1 Å².